The molecule has 4 aliphatic rings. The van der Waals surface area contributed by atoms with E-state index < -0.39 is 0 Å². The number of ketones is 1. The standard InChI is InChI=1S/C21H32O3/c1-20-9-8-17-15(16(20)6-7-19(20)23)5-4-14-10-18(22)13(12-24-3)11-21(14,17)2/h12,14-17,19,23H,4-11H2,1-3H3. The first-order valence-electron chi connectivity index (χ1n) is 9.83. The van der Waals surface area contributed by atoms with Gasteiger partial charge in [0.25, 0.3) is 0 Å². The van der Waals surface area contributed by atoms with E-state index in [-0.39, 0.29) is 16.9 Å². The molecule has 4 saturated carbocycles. The van der Waals surface area contributed by atoms with Gasteiger partial charge in [-0.3, -0.25) is 4.79 Å². The predicted octanol–water partition coefficient (Wildman–Crippen LogP) is 4.10. The van der Waals surface area contributed by atoms with E-state index in [2.05, 4.69) is 13.8 Å². The molecule has 0 aromatic heterocycles. The highest BCUT2D eigenvalue weighted by molar-refractivity contribution is 5.96. The van der Waals surface area contributed by atoms with Gasteiger partial charge in [0.15, 0.2) is 5.78 Å². The van der Waals surface area contributed by atoms with Gasteiger partial charge in [-0.05, 0) is 79.4 Å². The van der Waals surface area contributed by atoms with Gasteiger partial charge in [0.1, 0.15) is 0 Å². The minimum atomic E-state index is -0.106. The maximum atomic E-state index is 12.4. The molecule has 0 aliphatic heterocycles. The van der Waals surface area contributed by atoms with E-state index in [1.54, 1.807) is 13.4 Å². The van der Waals surface area contributed by atoms with Crippen LogP contribution >= 0.6 is 0 Å². The van der Waals surface area contributed by atoms with Gasteiger partial charge >= 0.3 is 0 Å². The summed E-state index contributed by atoms with van der Waals surface area (Å²) in [5.74, 6) is 2.95. The number of aliphatic hydroxyl groups is 1. The summed E-state index contributed by atoms with van der Waals surface area (Å²) < 4.78 is 5.20. The molecule has 0 aromatic carbocycles. The fourth-order valence-corrected chi connectivity index (χ4v) is 7.23. The van der Waals surface area contributed by atoms with Crippen LogP contribution in [0.25, 0.3) is 0 Å². The van der Waals surface area contributed by atoms with Crippen molar-refractivity contribution in [2.45, 2.75) is 71.3 Å². The third-order valence-corrected chi connectivity index (χ3v) is 8.64. The van der Waals surface area contributed by atoms with Gasteiger partial charge in [-0.2, -0.15) is 0 Å². The topological polar surface area (TPSA) is 46.5 Å². The van der Waals surface area contributed by atoms with Crippen molar-refractivity contribution in [3.8, 4) is 0 Å². The zero-order valence-corrected chi connectivity index (χ0v) is 15.4. The fraction of sp³-hybridized carbons (Fsp3) is 0.857. The highest BCUT2D eigenvalue weighted by atomic mass is 16.5. The molecule has 134 valence electrons. The van der Waals surface area contributed by atoms with Gasteiger partial charge in [0, 0.05) is 12.0 Å². The second-order valence-electron chi connectivity index (χ2n) is 9.48. The van der Waals surface area contributed by atoms with E-state index in [1.807, 2.05) is 0 Å². The Labute approximate surface area is 145 Å². The Bertz CT molecular complexity index is 567. The van der Waals surface area contributed by atoms with Crippen LogP contribution in [0, 0.1) is 34.5 Å². The smallest absolute Gasteiger partial charge is 0.162 e. The molecule has 4 fully saturated rings. The zero-order chi connectivity index (χ0) is 17.1. The van der Waals surface area contributed by atoms with Crippen molar-refractivity contribution in [2.24, 2.45) is 34.5 Å². The Balaban J connectivity index is 1.65. The molecule has 0 saturated heterocycles. The highest BCUT2D eigenvalue weighted by Crippen LogP contribution is 2.66. The molecule has 0 spiro atoms. The second-order valence-corrected chi connectivity index (χ2v) is 9.48. The van der Waals surface area contributed by atoms with Gasteiger partial charge in [-0.25, -0.2) is 0 Å². The summed E-state index contributed by atoms with van der Waals surface area (Å²) in [6.45, 7) is 4.78. The Morgan fingerprint density at radius 3 is 2.58 bits per heavy atom. The number of Topliss-reactive ketones (excluding diaryl/α,β-unsaturated/α-hetero) is 1. The van der Waals surface area contributed by atoms with Crippen LogP contribution in [0.5, 0.6) is 0 Å². The number of fused-ring (bicyclic) bond motifs is 5. The van der Waals surface area contributed by atoms with Crippen molar-refractivity contribution >= 4 is 5.78 Å². The molecule has 3 heteroatoms. The zero-order valence-electron chi connectivity index (χ0n) is 15.4. The van der Waals surface area contributed by atoms with E-state index in [0.717, 1.165) is 30.8 Å². The minimum Gasteiger partial charge on any atom is -0.504 e. The largest absolute Gasteiger partial charge is 0.504 e. The summed E-state index contributed by atoms with van der Waals surface area (Å²) in [6.07, 6.45) is 10.2. The van der Waals surface area contributed by atoms with Crippen LogP contribution < -0.4 is 0 Å². The summed E-state index contributed by atoms with van der Waals surface area (Å²) in [6, 6.07) is 0. The Hall–Kier alpha value is -0.830. The molecule has 4 aliphatic carbocycles. The molecule has 0 radical (unpaired) electrons. The monoisotopic (exact) mass is 332 g/mol. The average molecular weight is 332 g/mol. The van der Waals surface area contributed by atoms with Crippen molar-refractivity contribution in [1.29, 1.82) is 0 Å². The van der Waals surface area contributed by atoms with Crippen molar-refractivity contribution in [2.75, 3.05) is 7.11 Å². The van der Waals surface area contributed by atoms with Crippen LogP contribution in [0.3, 0.4) is 0 Å². The molecule has 7 atom stereocenters. The van der Waals surface area contributed by atoms with Crippen LogP contribution in [0.4, 0.5) is 0 Å². The summed E-state index contributed by atoms with van der Waals surface area (Å²) in [4.78, 5) is 12.4. The summed E-state index contributed by atoms with van der Waals surface area (Å²) in [7, 11) is 1.64. The number of carbonyl (C=O) groups excluding carboxylic acids is 1. The number of hydrogen-bond donors (Lipinski definition) is 1. The normalized spacial score (nSPS) is 52.6. The summed E-state index contributed by atoms with van der Waals surface area (Å²) >= 11 is 0. The SMILES string of the molecule is COC=C1CC2(C)C(CCC3C4CCC(O)C4(C)CCC32)CC1=O. The summed E-state index contributed by atoms with van der Waals surface area (Å²) in [5, 5.41) is 10.5. The van der Waals surface area contributed by atoms with Gasteiger partial charge in [-0.15, -0.1) is 0 Å². The quantitative estimate of drug-likeness (QED) is 0.581. The Morgan fingerprint density at radius 1 is 1.08 bits per heavy atom. The first-order valence-corrected chi connectivity index (χ1v) is 9.83. The van der Waals surface area contributed by atoms with Crippen LogP contribution in [-0.4, -0.2) is 24.1 Å². The molecule has 1 N–H and O–H groups in total. The van der Waals surface area contributed by atoms with E-state index in [9.17, 15) is 9.90 Å². The molecule has 0 heterocycles. The molecule has 3 nitrogen and oxygen atoms in total. The van der Waals surface area contributed by atoms with E-state index in [1.165, 1.54) is 25.7 Å². The predicted molar refractivity (Wildman–Crippen MR) is 93.2 cm³/mol. The van der Waals surface area contributed by atoms with Gasteiger partial charge in [0.05, 0.1) is 19.5 Å². The second kappa shape index (κ2) is 5.59. The number of hydrogen-bond acceptors (Lipinski definition) is 3. The molecular formula is C21H32O3. The lowest BCUT2D eigenvalue weighted by molar-refractivity contribution is -0.135. The van der Waals surface area contributed by atoms with Gasteiger partial charge < -0.3 is 9.84 Å². The Morgan fingerprint density at radius 2 is 1.83 bits per heavy atom. The number of allylic oxidation sites excluding steroid dienone is 1. The lowest BCUT2D eigenvalue weighted by Crippen LogP contribution is -2.54. The third kappa shape index (κ3) is 2.16. The van der Waals surface area contributed by atoms with Crippen molar-refractivity contribution < 1.29 is 14.6 Å². The van der Waals surface area contributed by atoms with Crippen LogP contribution in [0.1, 0.15) is 65.2 Å². The maximum Gasteiger partial charge on any atom is 0.162 e. The number of ether oxygens (including phenoxy) is 1. The van der Waals surface area contributed by atoms with E-state index >= 15 is 0 Å². The molecule has 24 heavy (non-hydrogen) atoms. The minimum absolute atomic E-state index is 0.106. The lowest BCUT2D eigenvalue weighted by Gasteiger charge is -2.60. The number of methoxy groups -OCH3 is 1. The van der Waals surface area contributed by atoms with Crippen LogP contribution in [-0.2, 0) is 9.53 Å². The average Bonchev–Trinajstić information content (AvgIpc) is 2.85. The van der Waals surface area contributed by atoms with E-state index in [0.29, 0.717) is 30.0 Å². The van der Waals surface area contributed by atoms with Gasteiger partial charge in [0.2, 0.25) is 0 Å². The molecule has 0 aromatic rings. The van der Waals surface area contributed by atoms with Gasteiger partial charge in [-0.1, -0.05) is 13.8 Å². The Kier molecular flexibility index (Phi) is 3.87. The first kappa shape index (κ1) is 16.6. The third-order valence-electron chi connectivity index (χ3n) is 8.64. The highest BCUT2D eigenvalue weighted by Gasteiger charge is 2.60. The van der Waals surface area contributed by atoms with Crippen molar-refractivity contribution in [1.82, 2.24) is 0 Å². The fourth-order valence-electron chi connectivity index (χ4n) is 7.23. The maximum absolute atomic E-state index is 12.4. The molecular weight excluding hydrogens is 300 g/mol. The van der Waals surface area contributed by atoms with Crippen molar-refractivity contribution in [3.63, 3.8) is 0 Å². The van der Waals surface area contributed by atoms with Crippen LogP contribution in [0.15, 0.2) is 11.8 Å². The lowest BCUT2D eigenvalue weighted by atomic mass is 9.45. The first-order chi connectivity index (χ1) is 11.4. The number of rotatable bonds is 1. The summed E-state index contributed by atoms with van der Waals surface area (Å²) in [5.41, 5.74) is 1.27. The van der Waals surface area contributed by atoms with Crippen molar-refractivity contribution in [3.05, 3.63) is 11.8 Å². The molecule has 7 unspecified atom stereocenters. The molecule has 0 amide bonds. The number of carbonyl (C=O) groups is 1. The van der Waals surface area contributed by atoms with E-state index in [4.69, 9.17) is 4.74 Å². The van der Waals surface area contributed by atoms with Crippen LogP contribution in [0.2, 0.25) is 0 Å². The number of aliphatic hydroxyl groups excluding tert-OH is 1. The molecule has 0 bridgehead atoms. The molecule has 4 rings (SSSR count).